The normalized spacial score (nSPS) is 17.0. The molecule has 2 aromatic heterocycles. The molecule has 0 aliphatic carbocycles. The van der Waals surface area contributed by atoms with Crippen LogP contribution in [0.5, 0.6) is 0 Å². The number of carbonyl (C=O) groups excluding carboxylic acids is 2. The summed E-state index contributed by atoms with van der Waals surface area (Å²) >= 11 is 0. The number of nitrogens with zero attached hydrogens (tertiary/aromatic N) is 3. The van der Waals surface area contributed by atoms with Crippen LogP contribution in [0.1, 0.15) is 31.5 Å². The fourth-order valence-corrected chi connectivity index (χ4v) is 4.41. The van der Waals surface area contributed by atoms with Crippen LogP contribution in [-0.4, -0.2) is 57.9 Å². The van der Waals surface area contributed by atoms with E-state index in [1.54, 1.807) is 20.0 Å². The zero-order chi connectivity index (χ0) is 23.3. The monoisotopic (exact) mass is 448 g/mol. The molecule has 0 saturated carbocycles. The van der Waals surface area contributed by atoms with E-state index in [0.29, 0.717) is 39.1 Å². The van der Waals surface area contributed by atoms with Gasteiger partial charge in [-0.05, 0) is 44.4 Å². The molecule has 3 heterocycles. The van der Waals surface area contributed by atoms with E-state index in [2.05, 4.69) is 20.8 Å². The molecule has 1 atom stereocenters. The lowest BCUT2D eigenvalue weighted by molar-refractivity contribution is -0.140. The van der Waals surface area contributed by atoms with Crippen LogP contribution >= 0.6 is 0 Å². The van der Waals surface area contributed by atoms with Crippen LogP contribution in [-0.2, 0) is 27.2 Å². The van der Waals surface area contributed by atoms with Gasteiger partial charge in [-0.1, -0.05) is 30.3 Å². The summed E-state index contributed by atoms with van der Waals surface area (Å²) < 4.78 is 7.87. The number of aryl methyl sites for hydroxylation is 1. The maximum absolute atomic E-state index is 13.4. The van der Waals surface area contributed by atoms with E-state index < -0.39 is 5.54 Å². The van der Waals surface area contributed by atoms with Gasteiger partial charge in [0.15, 0.2) is 0 Å². The molecule has 1 N–H and O–H groups in total. The number of hydrogen-bond donors (Lipinski definition) is 1. The van der Waals surface area contributed by atoms with E-state index in [9.17, 15) is 9.59 Å². The maximum atomic E-state index is 13.4. The first-order valence-electron chi connectivity index (χ1n) is 11.5. The average molecular weight is 449 g/mol. The van der Waals surface area contributed by atoms with E-state index in [4.69, 9.17) is 4.74 Å². The van der Waals surface area contributed by atoms with Crippen molar-refractivity contribution >= 4 is 17.3 Å². The number of amides is 2. The highest BCUT2D eigenvalue weighted by molar-refractivity contribution is 5.90. The molecule has 1 aliphatic heterocycles. The van der Waals surface area contributed by atoms with E-state index in [-0.39, 0.29) is 17.7 Å². The molecule has 3 aromatic rings. The number of aromatic nitrogens is 2. The molecule has 1 aromatic carbocycles. The van der Waals surface area contributed by atoms with Crippen LogP contribution in [0.4, 0.5) is 0 Å². The topological polar surface area (TPSA) is 75.9 Å². The van der Waals surface area contributed by atoms with Crippen molar-refractivity contribution in [3.8, 4) is 0 Å². The zero-order valence-corrected chi connectivity index (χ0v) is 19.4. The third-order valence-corrected chi connectivity index (χ3v) is 6.11. The Balaban J connectivity index is 1.37. The van der Waals surface area contributed by atoms with Crippen LogP contribution in [0, 0.1) is 5.92 Å². The van der Waals surface area contributed by atoms with Gasteiger partial charge in [0.05, 0.1) is 24.4 Å². The van der Waals surface area contributed by atoms with Gasteiger partial charge in [-0.15, -0.1) is 0 Å². The van der Waals surface area contributed by atoms with Gasteiger partial charge in [-0.25, -0.2) is 0 Å². The average Bonchev–Trinajstić information content (AvgIpc) is 3.18. The van der Waals surface area contributed by atoms with Gasteiger partial charge in [0, 0.05) is 44.0 Å². The Hall–Kier alpha value is -3.19. The van der Waals surface area contributed by atoms with Gasteiger partial charge in [0.25, 0.3) is 0 Å². The van der Waals surface area contributed by atoms with Crippen LogP contribution in [0.15, 0.2) is 61.1 Å². The minimum Gasteiger partial charge on any atom is -0.379 e. The summed E-state index contributed by atoms with van der Waals surface area (Å²) in [5, 5.41) is 2.94. The highest BCUT2D eigenvalue weighted by atomic mass is 16.5. The Kier molecular flexibility index (Phi) is 7.08. The largest absolute Gasteiger partial charge is 0.379 e. The molecule has 174 valence electrons. The van der Waals surface area contributed by atoms with Crippen LogP contribution in [0.25, 0.3) is 5.52 Å². The van der Waals surface area contributed by atoms with E-state index in [0.717, 1.165) is 23.2 Å². The molecule has 1 unspecified atom stereocenters. The highest BCUT2D eigenvalue weighted by Gasteiger charge is 2.35. The number of benzene rings is 1. The molecule has 2 amide bonds. The second kappa shape index (κ2) is 10.2. The van der Waals surface area contributed by atoms with Crippen molar-refractivity contribution in [1.82, 2.24) is 19.6 Å². The van der Waals surface area contributed by atoms with E-state index >= 15 is 0 Å². The predicted molar refractivity (Wildman–Crippen MR) is 127 cm³/mol. The molecule has 33 heavy (non-hydrogen) atoms. The van der Waals surface area contributed by atoms with Gasteiger partial charge in [-0.3, -0.25) is 14.6 Å². The lowest BCUT2D eigenvalue weighted by Gasteiger charge is -2.33. The smallest absolute Gasteiger partial charge is 0.247 e. The summed E-state index contributed by atoms with van der Waals surface area (Å²) in [5.74, 6) is -0.0708. The molecule has 0 spiro atoms. The predicted octanol–water partition coefficient (Wildman–Crippen LogP) is 2.88. The first-order chi connectivity index (χ1) is 15.9. The van der Waals surface area contributed by atoms with Gasteiger partial charge in [-0.2, -0.15) is 0 Å². The van der Waals surface area contributed by atoms with E-state index in [1.807, 2.05) is 53.7 Å². The first-order valence-corrected chi connectivity index (χ1v) is 11.5. The minimum absolute atomic E-state index is 0.0834. The summed E-state index contributed by atoms with van der Waals surface area (Å²) in [6.07, 6.45) is 7.46. The minimum atomic E-state index is -0.984. The molecular formula is C26H32N4O3. The molecule has 4 rings (SSSR count). The van der Waals surface area contributed by atoms with Crippen LogP contribution < -0.4 is 5.32 Å². The SMILES string of the molecule is CC(C)(NC(=O)CCc1ccccc1)C(=O)N1CCOCC(Cc2nccn3cccc23)C1. The summed E-state index contributed by atoms with van der Waals surface area (Å²) in [5.41, 5.74) is 2.20. The van der Waals surface area contributed by atoms with Gasteiger partial charge in [0.2, 0.25) is 11.8 Å². The van der Waals surface area contributed by atoms with Crippen molar-refractivity contribution in [2.45, 2.75) is 38.6 Å². The Bertz CT molecular complexity index is 1090. The third-order valence-electron chi connectivity index (χ3n) is 6.11. The second-order valence-corrected chi connectivity index (χ2v) is 9.23. The van der Waals surface area contributed by atoms with Crippen molar-refractivity contribution in [2.24, 2.45) is 5.92 Å². The van der Waals surface area contributed by atoms with E-state index in [1.165, 1.54) is 0 Å². The van der Waals surface area contributed by atoms with Crippen LogP contribution in [0.2, 0.25) is 0 Å². The first kappa shape index (κ1) is 23.0. The number of ether oxygens (including phenoxy) is 1. The Morgan fingerprint density at radius 2 is 1.97 bits per heavy atom. The third kappa shape index (κ3) is 5.79. The summed E-state index contributed by atoms with van der Waals surface area (Å²) in [6.45, 7) is 5.71. The van der Waals surface area contributed by atoms with Gasteiger partial charge >= 0.3 is 0 Å². The highest BCUT2D eigenvalue weighted by Crippen LogP contribution is 2.19. The van der Waals surface area contributed by atoms with Crippen molar-refractivity contribution in [2.75, 3.05) is 26.3 Å². The Morgan fingerprint density at radius 3 is 2.79 bits per heavy atom. The molecule has 7 nitrogen and oxygen atoms in total. The summed E-state index contributed by atoms with van der Waals surface area (Å²) in [6, 6.07) is 13.9. The summed E-state index contributed by atoms with van der Waals surface area (Å²) in [4.78, 5) is 32.4. The Morgan fingerprint density at radius 1 is 1.15 bits per heavy atom. The number of rotatable bonds is 7. The Labute approximate surface area is 194 Å². The fourth-order valence-electron chi connectivity index (χ4n) is 4.41. The maximum Gasteiger partial charge on any atom is 0.247 e. The quantitative estimate of drug-likeness (QED) is 0.603. The molecule has 1 aliphatic rings. The number of nitrogens with one attached hydrogen (secondary N) is 1. The lowest BCUT2D eigenvalue weighted by Crippen LogP contribution is -2.57. The van der Waals surface area contributed by atoms with Crippen molar-refractivity contribution in [3.05, 3.63) is 72.3 Å². The number of carbonyl (C=O) groups is 2. The van der Waals surface area contributed by atoms with Crippen molar-refractivity contribution in [3.63, 3.8) is 0 Å². The molecule has 0 radical (unpaired) electrons. The lowest BCUT2D eigenvalue weighted by atomic mass is 9.99. The fraction of sp³-hybridized carbons (Fsp3) is 0.423. The molecule has 0 bridgehead atoms. The van der Waals surface area contributed by atoms with Crippen LogP contribution in [0.3, 0.4) is 0 Å². The zero-order valence-electron chi connectivity index (χ0n) is 19.4. The molecule has 1 saturated heterocycles. The standard InChI is InChI=1S/C26H32N4O3/c1-26(2,28-24(31)11-10-20-7-4-3-5-8-20)25(32)30-15-16-33-19-21(18-30)17-22-23-9-6-13-29(23)14-12-27-22/h3-9,12-14,21H,10-11,15-19H2,1-2H3,(H,28,31). The molecule has 7 heteroatoms. The van der Waals surface area contributed by atoms with Gasteiger partial charge < -0.3 is 19.4 Å². The number of hydrogen-bond acceptors (Lipinski definition) is 4. The van der Waals surface area contributed by atoms with Crippen molar-refractivity contribution in [1.29, 1.82) is 0 Å². The summed E-state index contributed by atoms with van der Waals surface area (Å²) in [7, 11) is 0. The molecule has 1 fully saturated rings. The number of fused-ring (bicyclic) bond motifs is 1. The second-order valence-electron chi connectivity index (χ2n) is 9.23. The van der Waals surface area contributed by atoms with Crippen molar-refractivity contribution < 1.29 is 14.3 Å². The van der Waals surface area contributed by atoms with Gasteiger partial charge in [0.1, 0.15) is 5.54 Å². The molecular weight excluding hydrogens is 416 g/mol.